The van der Waals surface area contributed by atoms with Gasteiger partial charge in [0.05, 0.1) is 0 Å². The minimum Gasteiger partial charge on any atom is -0.481 e. The molecule has 3 N–H and O–H groups in total. The van der Waals surface area contributed by atoms with E-state index < -0.39 is 5.97 Å². The van der Waals surface area contributed by atoms with Gasteiger partial charge in [-0.2, -0.15) is 11.8 Å². The Balaban J connectivity index is 1.98. The number of hydrogen-bond acceptors (Lipinski definition) is 3. The predicted octanol–water partition coefficient (Wildman–Crippen LogP) is 2.07. The van der Waals surface area contributed by atoms with Crippen LogP contribution in [0.1, 0.15) is 39.0 Å². The van der Waals surface area contributed by atoms with E-state index in [1.165, 1.54) is 18.6 Å². The van der Waals surface area contributed by atoms with Gasteiger partial charge in [0.1, 0.15) is 0 Å². The predicted molar refractivity (Wildman–Crippen MR) is 77.5 cm³/mol. The third-order valence-electron chi connectivity index (χ3n) is 3.29. The first-order valence-electron chi connectivity index (χ1n) is 6.93. The summed E-state index contributed by atoms with van der Waals surface area (Å²) < 4.78 is 0. The van der Waals surface area contributed by atoms with Crippen LogP contribution in [-0.2, 0) is 4.79 Å². The molecular weight excluding hydrogens is 264 g/mol. The Kier molecular flexibility index (Phi) is 7.70. The SMILES string of the molecule is CC(CCNC(=O)NCC1CCCS1)CCC(=O)O. The molecular formula is C13H24N2O3S. The number of carbonyl (C=O) groups is 2. The Hall–Kier alpha value is -0.910. The zero-order valence-corrected chi connectivity index (χ0v) is 12.3. The Morgan fingerprint density at radius 3 is 2.79 bits per heavy atom. The van der Waals surface area contributed by atoms with Gasteiger partial charge in [-0.15, -0.1) is 0 Å². The maximum Gasteiger partial charge on any atom is 0.314 e. The van der Waals surface area contributed by atoms with E-state index in [0.717, 1.165) is 13.0 Å². The summed E-state index contributed by atoms with van der Waals surface area (Å²) in [5.41, 5.74) is 0. The fourth-order valence-electron chi connectivity index (χ4n) is 2.02. The van der Waals surface area contributed by atoms with Crippen molar-refractivity contribution in [1.82, 2.24) is 10.6 Å². The fourth-order valence-corrected chi connectivity index (χ4v) is 3.22. The van der Waals surface area contributed by atoms with E-state index in [0.29, 0.717) is 24.1 Å². The summed E-state index contributed by atoms with van der Waals surface area (Å²) in [6.45, 7) is 3.35. The zero-order chi connectivity index (χ0) is 14.1. The molecule has 0 bridgehead atoms. The first kappa shape index (κ1) is 16.1. The number of carboxylic acids is 1. The van der Waals surface area contributed by atoms with E-state index in [9.17, 15) is 9.59 Å². The molecule has 0 radical (unpaired) electrons. The molecule has 1 fully saturated rings. The van der Waals surface area contributed by atoms with Crippen molar-refractivity contribution in [3.63, 3.8) is 0 Å². The molecule has 0 spiro atoms. The second-order valence-electron chi connectivity index (χ2n) is 5.10. The summed E-state index contributed by atoms with van der Waals surface area (Å²) in [6.07, 6.45) is 4.12. The van der Waals surface area contributed by atoms with Gasteiger partial charge >= 0.3 is 12.0 Å². The van der Waals surface area contributed by atoms with Crippen molar-refractivity contribution in [3.05, 3.63) is 0 Å². The quantitative estimate of drug-likeness (QED) is 0.639. The lowest BCUT2D eigenvalue weighted by Crippen LogP contribution is -2.39. The van der Waals surface area contributed by atoms with E-state index in [1.807, 2.05) is 18.7 Å². The maximum absolute atomic E-state index is 11.5. The molecule has 1 rings (SSSR count). The maximum atomic E-state index is 11.5. The second-order valence-corrected chi connectivity index (χ2v) is 6.51. The Morgan fingerprint density at radius 2 is 2.16 bits per heavy atom. The number of nitrogens with one attached hydrogen (secondary N) is 2. The highest BCUT2D eigenvalue weighted by molar-refractivity contribution is 8.00. The molecule has 2 unspecified atom stereocenters. The fraction of sp³-hybridized carbons (Fsp3) is 0.846. The molecule has 6 heteroatoms. The standard InChI is InChI=1S/C13H24N2O3S/c1-10(4-5-12(16)17)6-7-14-13(18)15-9-11-3-2-8-19-11/h10-11H,2-9H2,1H3,(H,16,17)(H2,14,15,18). The van der Waals surface area contributed by atoms with Crippen LogP contribution in [0.2, 0.25) is 0 Å². The summed E-state index contributed by atoms with van der Waals surface area (Å²) >= 11 is 1.92. The molecule has 1 aliphatic rings. The van der Waals surface area contributed by atoms with Gasteiger partial charge in [-0.3, -0.25) is 4.79 Å². The smallest absolute Gasteiger partial charge is 0.314 e. The van der Waals surface area contributed by atoms with Gasteiger partial charge in [-0.25, -0.2) is 4.79 Å². The van der Waals surface area contributed by atoms with Crippen LogP contribution in [0.4, 0.5) is 4.79 Å². The summed E-state index contributed by atoms with van der Waals surface area (Å²) in [7, 11) is 0. The highest BCUT2D eigenvalue weighted by atomic mass is 32.2. The molecule has 0 aromatic carbocycles. The number of rotatable bonds is 8. The van der Waals surface area contributed by atoms with Crippen LogP contribution < -0.4 is 10.6 Å². The van der Waals surface area contributed by atoms with Crippen LogP contribution in [0.5, 0.6) is 0 Å². The van der Waals surface area contributed by atoms with Crippen LogP contribution in [-0.4, -0.2) is 41.2 Å². The van der Waals surface area contributed by atoms with Gasteiger partial charge in [-0.05, 0) is 37.4 Å². The van der Waals surface area contributed by atoms with Gasteiger partial charge in [0.2, 0.25) is 0 Å². The molecule has 1 saturated heterocycles. The number of thioether (sulfide) groups is 1. The molecule has 0 aliphatic carbocycles. The summed E-state index contributed by atoms with van der Waals surface area (Å²) in [6, 6.07) is -0.113. The van der Waals surface area contributed by atoms with E-state index in [4.69, 9.17) is 5.11 Å². The van der Waals surface area contributed by atoms with Gasteiger partial charge in [-0.1, -0.05) is 6.92 Å². The monoisotopic (exact) mass is 288 g/mol. The summed E-state index contributed by atoms with van der Waals surface area (Å²) in [5, 5.41) is 14.8. The van der Waals surface area contributed by atoms with Gasteiger partial charge in [0, 0.05) is 24.8 Å². The number of hydrogen-bond donors (Lipinski definition) is 3. The third-order valence-corrected chi connectivity index (χ3v) is 4.69. The van der Waals surface area contributed by atoms with Crippen LogP contribution in [0.3, 0.4) is 0 Å². The highest BCUT2D eigenvalue weighted by Gasteiger charge is 2.16. The lowest BCUT2D eigenvalue weighted by Gasteiger charge is -2.13. The minimum atomic E-state index is -0.758. The Morgan fingerprint density at radius 1 is 1.37 bits per heavy atom. The van der Waals surface area contributed by atoms with E-state index >= 15 is 0 Å². The Labute approximate surface area is 118 Å². The van der Waals surface area contributed by atoms with E-state index in [1.54, 1.807) is 0 Å². The number of urea groups is 1. The molecule has 0 aromatic rings. The van der Waals surface area contributed by atoms with Crippen LogP contribution >= 0.6 is 11.8 Å². The van der Waals surface area contributed by atoms with Crippen molar-refractivity contribution in [2.24, 2.45) is 5.92 Å². The first-order valence-corrected chi connectivity index (χ1v) is 7.98. The first-order chi connectivity index (χ1) is 9.08. The summed E-state index contributed by atoms with van der Waals surface area (Å²) in [5.74, 6) is 0.767. The largest absolute Gasteiger partial charge is 0.481 e. The lowest BCUT2D eigenvalue weighted by atomic mass is 10.0. The molecule has 19 heavy (non-hydrogen) atoms. The third kappa shape index (κ3) is 7.97. The highest BCUT2D eigenvalue weighted by Crippen LogP contribution is 2.25. The van der Waals surface area contributed by atoms with Gasteiger partial charge in [0.15, 0.2) is 0 Å². The van der Waals surface area contributed by atoms with Crippen molar-refractivity contribution in [2.45, 2.75) is 44.3 Å². The van der Waals surface area contributed by atoms with Gasteiger partial charge in [0.25, 0.3) is 0 Å². The average molecular weight is 288 g/mol. The summed E-state index contributed by atoms with van der Waals surface area (Å²) in [4.78, 5) is 21.9. The van der Waals surface area contributed by atoms with Crippen LogP contribution in [0.25, 0.3) is 0 Å². The van der Waals surface area contributed by atoms with Gasteiger partial charge < -0.3 is 15.7 Å². The number of amides is 2. The number of aliphatic carboxylic acids is 1. The number of carboxylic acid groups (broad SMARTS) is 1. The molecule has 0 aromatic heterocycles. The van der Waals surface area contributed by atoms with E-state index in [-0.39, 0.29) is 12.5 Å². The van der Waals surface area contributed by atoms with Crippen molar-refractivity contribution < 1.29 is 14.7 Å². The zero-order valence-electron chi connectivity index (χ0n) is 11.5. The van der Waals surface area contributed by atoms with Crippen molar-refractivity contribution in [1.29, 1.82) is 0 Å². The van der Waals surface area contributed by atoms with E-state index in [2.05, 4.69) is 10.6 Å². The molecule has 2 atom stereocenters. The number of carbonyl (C=O) groups excluding carboxylic acids is 1. The second kappa shape index (κ2) is 9.07. The van der Waals surface area contributed by atoms with Crippen molar-refractivity contribution >= 4 is 23.8 Å². The van der Waals surface area contributed by atoms with Crippen molar-refractivity contribution in [3.8, 4) is 0 Å². The van der Waals surface area contributed by atoms with Crippen LogP contribution in [0, 0.1) is 5.92 Å². The molecule has 5 nitrogen and oxygen atoms in total. The molecule has 2 amide bonds. The molecule has 1 aliphatic heterocycles. The lowest BCUT2D eigenvalue weighted by molar-refractivity contribution is -0.137. The van der Waals surface area contributed by atoms with Crippen molar-refractivity contribution in [2.75, 3.05) is 18.8 Å². The minimum absolute atomic E-state index is 0.113. The molecule has 110 valence electrons. The topological polar surface area (TPSA) is 78.4 Å². The normalized spacial score (nSPS) is 19.9. The molecule has 1 heterocycles. The Bertz CT molecular complexity index is 294. The average Bonchev–Trinajstić information content (AvgIpc) is 2.87. The van der Waals surface area contributed by atoms with Crippen LogP contribution in [0.15, 0.2) is 0 Å². The molecule has 0 saturated carbocycles.